The van der Waals surface area contributed by atoms with Crippen molar-refractivity contribution in [3.8, 4) is 0 Å². The highest BCUT2D eigenvalue weighted by molar-refractivity contribution is 6.02. The summed E-state index contributed by atoms with van der Waals surface area (Å²) in [4.78, 5) is 34.7. The minimum atomic E-state index is -0.628. The zero-order valence-electron chi connectivity index (χ0n) is 13.9. The first-order chi connectivity index (χ1) is 11.3. The second kappa shape index (κ2) is 6.66. The van der Waals surface area contributed by atoms with Crippen LogP contribution in [0.3, 0.4) is 0 Å². The summed E-state index contributed by atoms with van der Waals surface area (Å²) < 4.78 is 4.86. The lowest BCUT2D eigenvalue weighted by molar-refractivity contribution is -0.384. The Morgan fingerprint density at radius 2 is 1.67 bits per heavy atom. The van der Waals surface area contributed by atoms with Gasteiger partial charge < -0.3 is 10.1 Å². The number of dihydropyridines is 1. The third kappa shape index (κ3) is 3.05. The van der Waals surface area contributed by atoms with Crippen LogP contribution >= 0.6 is 0 Å². The average Bonchev–Trinajstić information content (AvgIpc) is 2.53. The molecule has 0 saturated heterocycles. The maximum Gasteiger partial charge on any atom is 0.336 e. The van der Waals surface area contributed by atoms with Crippen LogP contribution in [0, 0.1) is 10.1 Å². The molecule has 1 unspecified atom stereocenters. The van der Waals surface area contributed by atoms with E-state index in [1.807, 2.05) is 0 Å². The molecule has 1 N–H and O–H groups in total. The van der Waals surface area contributed by atoms with Crippen molar-refractivity contribution >= 4 is 17.4 Å². The van der Waals surface area contributed by atoms with Crippen molar-refractivity contribution in [1.82, 2.24) is 5.32 Å². The van der Waals surface area contributed by atoms with E-state index in [-0.39, 0.29) is 11.5 Å². The topological polar surface area (TPSA) is 98.5 Å². The molecule has 1 aromatic carbocycles. The van der Waals surface area contributed by atoms with Gasteiger partial charge in [-0.2, -0.15) is 0 Å². The maximum atomic E-state index is 12.2. The highest BCUT2D eigenvalue weighted by Crippen LogP contribution is 2.39. The largest absolute Gasteiger partial charge is 0.466 e. The third-order valence-corrected chi connectivity index (χ3v) is 3.98. The Kier molecular flexibility index (Phi) is 4.82. The van der Waals surface area contributed by atoms with E-state index in [4.69, 9.17) is 4.74 Å². The number of nitro benzene ring substituents is 1. The molecule has 0 aromatic heterocycles. The van der Waals surface area contributed by atoms with Crippen LogP contribution in [0.5, 0.6) is 0 Å². The lowest BCUT2D eigenvalue weighted by Crippen LogP contribution is -2.30. The molecule has 1 heterocycles. The second-order valence-corrected chi connectivity index (χ2v) is 5.53. The van der Waals surface area contributed by atoms with E-state index in [0.717, 1.165) is 0 Å². The van der Waals surface area contributed by atoms with Gasteiger partial charge >= 0.3 is 5.97 Å². The molecule has 1 aromatic rings. The Bertz CT molecular complexity index is 775. The van der Waals surface area contributed by atoms with Crippen LogP contribution in [0.1, 0.15) is 32.3 Å². The number of hydrogen-bond acceptors (Lipinski definition) is 6. The Morgan fingerprint density at radius 3 is 2.12 bits per heavy atom. The van der Waals surface area contributed by atoms with Crippen LogP contribution in [0.25, 0.3) is 0 Å². The number of ketones is 1. The van der Waals surface area contributed by atoms with E-state index >= 15 is 0 Å². The highest BCUT2D eigenvalue weighted by Gasteiger charge is 2.35. The number of nitrogens with one attached hydrogen (secondary N) is 1. The molecule has 0 bridgehead atoms. The van der Waals surface area contributed by atoms with Crippen LogP contribution in [0.4, 0.5) is 5.69 Å². The summed E-state index contributed by atoms with van der Waals surface area (Å²) in [6, 6.07) is 5.82. The number of benzene rings is 1. The number of esters is 1. The van der Waals surface area contributed by atoms with Crippen molar-refractivity contribution < 1.29 is 19.2 Å². The zero-order valence-corrected chi connectivity index (χ0v) is 13.9. The number of carbonyl (C=O) groups is 2. The van der Waals surface area contributed by atoms with Gasteiger partial charge in [-0.3, -0.25) is 14.9 Å². The molecule has 7 nitrogen and oxygen atoms in total. The van der Waals surface area contributed by atoms with Gasteiger partial charge in [0.05, 0.1) is 17.6 Å². The van der Waals surface area contributed by atoms with E-state index in [2.05, 4.69) is 5.32 Å². The fourth-order valence-corrected chi connectivity index (χ4v) is 2.96. The quantitative estimate of drug-likeness (QED) is 0.517. The number of nitrogens with zero attached hydrogens (tertiary/aromatic N) is 1. The first-order valence-corrected chi connectivity index (χ1v) is 7.30. The first-order valence-electron chi connectivity index (χ1n) is 7.30. The molecule has 1 aliphatic heterocycles. The molecule has 1 aliphatic rings. The first kappa shape index (κ1) is 17.4. The summed E-state index contributed by atoms with van der Waals surface area (Å²) in [6.07, 6.45) is 0. The molecule has 24 heavy (non-hydrogen) atoms. The summed E-state index contributed by atoms with van der Waals surface area (Å²) in [5.74, 6) is -1.36. The average molecular weight is 330 g/mol. The molecule has 0 fully saturated rings. The molecule has 1 atom stereocenters. The number of hydrogen-bond donors (Lipinski definition) is 1. The van der Waals surface area contributed by atoms with Crippen molar-refractivity contribution in [2.45, 2.75) is 26.7 Å². The Morgan fingerprint density at radius 1 is 1.12 bits per heavy atom. The molecule has 0 saturated carbocycles. The molecule has 0 spiro atoms. The summed E-state index contributed by atoms with van der Waals surface area (Å²) in [5.41, 5.74) is 2.56. The number of allylic oxidation sites excluding steroid dienone is 3. The number of non-ortho nitro benzene ring substituents is 1. The van der Waals surface area contributed by atoms with E-state index in [1.165, 1.54) is 26.2 Å². The third-order valence-electron chi connectivity index (χ3n) is 3.98. The SMILES string of the molecule is COC(=O)C1=C(C)NC(C)=C(C(C)=O)C1c1ccc([N+](=O)[O-])cc1. The summed E-state index contributed by atoms with van der Waals surface area (Å²) in [7, 11) is 1.27. The zero-order chi connectivity index (χ0) is 18.0. The molecule has 0 radical (unpaired) electrons. The molecule has 0 amide bonds. The van der Waals surface area contributed by atoms with Crippen molar-refractivity contribution in [3.05, 3.63) is 62.5 Å². The van der Waals surface area contributed by atoms with Crippen LogP contribution in [-0.4, -0.2) is 23.8 Å². The molecular weight excluding hydrogens is 312 g/mol. The fraction of sp³-hybridized carbons (Fsp3) is 0.294. The summed E-state index contributed by atoms with van der Waals surface area (Å²) >= 11 is 0. The van der Waals surface area contributed by atoms with E-state index < -0.39 is 16.8 Å². The van der Waals surface area contributed by atoms with Gasteiger partial charge in [-0.15, -0.1) is 0 Å². The van der Waals surface area contributed by atoms with Gasteiger partial charge in [-0.1, -0.05) is 12.1 Å². The van der Waals surface area contributed by atoms with E-state index in [9.17, 15) is 19.7 Å². The van der Waals surface area contributed by atoms with Gasteiger partial charge in [0.1, 0.15) is 0 Å². The number of carbonyl (C=O) groups excluding carboxylic acids is 2. The standard InChI is InChI=1S/C17H18N2O5/c1-9-14(11(3)20)16(15(10(2)18-9)17(21)24-4)12-5-7-13(8-6-12)19(22)23/h5-8,16,18H,1-4H3. The van der Waals surface area contributed by atoms with Gasteiger partial charge in [0.2, 0.25) is 0 Å². The van der Waals surface area contributed by atoms with Gasteiger partial charge in [-0.25, -0.2) is 4.79 Å². The van der Waals surface area contributed by atoms with Crippen molar-refractivity contribution in [2.75, 3.05) is 7.11 Å². The predicted molar refractivity (Wildman–Crippen MR) is 87.1 cm³/mol. The van der Waals surface area contributed by atoms with Gasteiger partial charge in [0.15, 0.2) is 5.78 Å². The van der Waals surface area contributed by atoms with Crippen molar-refractivity contribution in [1.29, 1.82) is 0 Å². The molecule has 7 heteroatoms. The van der Waals surface area contributed by atoms with E-state index in [1.54, 1.807) is 26.0 Å². The Hall–Kier alpha value is -2.96. The summed E-state index contributed by atoms with van der Waals surface area (Å²) in [6.45, 7) is 4.91. The van der Waals surface area contributed by atoms with Crippen molar-refractivity contribution in [2.24, 2.45) is 0 Å². The van der Waals surface area contributed by atoms with Gasteiger partial charge in [0.25, 0.3) is 5.69 Å². The lowest BCUT2D eigenvalue weighted by Gasteiger charge is -2.30. The second-order valence-electron chi connectivity index (χ2n) is 5.53. The number of rotatable bonds is 4. The van der Waals surface area contributed by atoms with Crippen LogP contribution in [-0.2, 0) is 14.3 Å². The number of Topliss-reactive ketones (excluding diaryl/α,β-unsaturated/α-hetero) is 1. The van der Waals surface area contributed by atoms with Crippen LogP contribution in [0.2, 0.25) is 0 Å². The van der Waals surface area contributed by atoms with Gasteiger partial charge in [-0.05, 0) is 26.3 Å². The Balaban J connectivity index is 2.64. The van der Waals surface area contributed by atoms with Gasteiger partial charge in [0, 0.05) is 35.0 Å². The highest BCUT2D eigenvalue weighted by atomic mass is 16.6. The minimum Gasteiger partial charge on any atom is -0.466 e. The number of ether oxygens (including phenoxy) is 1. The smallest absolute Gasteiger partial charge is 0.336 e. The van der Waals surface area contributed by atoms with Crippen molar-refractivity contribution in [3.63, 3.8) is 0 Å². The number of nitro groups is 1. The minimum absolute atomic E-state index is 0.0573. The van der Waals surface area contributed by atoms with E-state index in [0.29, 0.717) is 28.1 Å². The fourth-order valence-electron chi connectivity index (χ4n) is 2.96. The normalized spacial score (nSPS) is 17.4. The monoisotopic (exact) mass is 330 g/mol. The lowest BCUT2D eigenvalue weighted by atomic mass is 9.79. The van der Waals surface area contributed by atoms with Crippen LogP contribution in [0.15, 0.2) is 46.8 Å². The maximum absolute atomic E-state index is 12.2. The van der Waals surface area contributed by atoms with Crippen LogP contribution < -0.4 is 5.32 Å². The molecule has 0 aliphatic carbocycles. The summed E-state index contributed by atoms with van der Waals surface area (Å²) in [5, 5.41) is 13.9. The Labute approximate surface area is 139 Å². The number of methoxy groups -OCH3 is 1. The predicted octanol–water partition coefficient (Wildman–Crippen LogP) is 2.59. The molecule has 2 rings (SSSR count). The molecular formula is C17H18N2O5. The molecule has 126 valence electrons.